The van der Waals surface area contributed by atoms with Crippen LogP contribution in [0.3, 0.4) is 0 Å². The standard InChI is InChI=1S/C13H18O/c1-13(2,9-14)12-7-6-10-4-3-5-11(10)8-12/h6-8,14H,3-5,9H2,1-2H3. The Balaban J connectivity index is 2.38. The van der Waals surface area contributed by atoms with Crippen LogP contribution < -0.4 is 0 Å². The molecule has 0 spiro atoms. The van der Waals surface area contributed by atoms with Crippen LogP contribution in [0.15, 0.2) is 18.2 Å². The van der Waals surface area contributed by atoms with Gasteiger partial charge in [-0.1, -0.05) is 32.0 Å². The molecular weight excluding hydrogens is 172 g/mol. The average Bonchev–Trinajstić information content (AvgIpc) is 2.64. The molecule has 1 aromatic carbocycles. The maximum Gasteiger partial charge on any atom is 0.0522 e. The normalized spacial score (nSPS) is 15.6. The van der Waals surface area contributed by atoms with Crippen LogP contribution in [0.1, 0.15) is 37.0 Å². The molecule has 1 heteroatoms. The average molecular weight is 190 g/mol. The minimum Gasteiger partial charge on any atom is -0.395 e. The summed E-state index contributed by atoms with van der Waals surface area (Å²) in [6.07, 6.45) is 3.73. The van der Waals surface area contributed by atoms with Gasteiger partial charge in [0.2, 0.25) is 0 Å². The molecule has 0 fully saturated rings. The molecule has 76 valence electrons. The number of aliphatic hydroxyl groups is 1. The first-order chi connectivity index (χ1) is 6.63. The Hall–Kier alpha value is -0.820. The summed E-state index contributed by atoms with van der Waals surface area (Å²) in [5, 5.41) is 9.30. The highest BCUT2D eigenvalue weighted by Gasteiger charge is 2.21. The van der Waals surface area contributed by atoms with Crippen LogP contribution in [0.5, 0.6) is 0 Å². The van der Waals surface area contributed by atoms with Crippen LogP contribution in [0.4, 0.5) is 0 Å². The molecule has 0 heterocycles. The van der Waals surface area contributed by atoms with E-state index in [2.05, 4.69) is 32.0 Å². The van der Waals surface area contributed by atoms with Crippen LogP contribution >= 0.6 is 0 Å². The van der Waals surface area contributed by atoms with Crippen molar-refractivity contribution in [3.8, 4) is 0 Å². The molecule has 0 amide bonds. The highest BCUT2D eigenvalue weighted by molar-refractivity contribution is 5.38. The topological polar surface area (TPSA) is 20.2 Å². The number of rotatable bonds is 2. The molecule has 0 atom stereocenters. The van der Waals surface area contributed by atoms with Crippen molar-refractivity contribution in [3.05, 3.63) is 34.9 Å². The quantitative estimate of drug-likeness (QED) is 0.759. The fraction of sp³-hybridized carbons (Fsp3) is 0.538. The minimum atomic E-state index is -0.0996. The Labute approximate surface area is 85.8 Å². The van der Waals surface area contributed by atoms with E-state index >= 15 is 0 Å². The zero-order chi connectivity index (χ0) is 10.2. The summed E-state index contributed by atoms with van der Waals surface area (Å²) in [5.41, 5.74) is 4.16. The molecule has 0 aromatic heterocycles. The number of hydrogen-bond acceptors (Lipinski definition) is 1. The predicted octanol–water partition coefficient (Wildman–Crippen LogP) is 2.45. The van der Waals surface area contributed by atoms with Crippen molar-refractivity contribution in [3.63, 3.8) is 0 Å². The van der Waals surface area contributed by atoms with Crippen molar-refractivity contribution in [2.75, 3.05) is 6.61 Å². The lowest BCUT2D eigenvalue weighted by Crippen LogP contribution is -2.22. The second-order valence-corrected chi connectivity index (χ2v) is 4.88. The van der Waals surface area contributed by atoms with Crippen molar-refractivity contribution >= 4 is 0 Å². The van der Waals surface area contributed by atoms with Gasteiger partial charge < -0.3 is 5.11 Å². The largest absolute Gasteiger partial charge is 0.395 e. The third-order valence-corrected chi connectivity index (χ3v) is 3.28. The molecule has 1 nitrogen and oxygen atoms in total. The predicted molar refractivity (Wildman–Crippen MR) is 58.6 cm³/mol. The number of fused-ring (bicyclic) bond motifs is 1. The van der Waals surface area contributed by atoms with Crippen LogP contribution in [0.2, 0.25) is 0 Å². The first-order valence-corrected chi connectivity index (χ1v) is 5.36. The highest BCUT2D eigenvalue weighted by atomic mass is 16.3. The molecule has 0 saturated heterocycles. The van der Waals surface area contributed by atoms with E-state index < -0.39 is 0 Å². The van der Waals surface area contributed by atoms with E-state index in [4.69, 9.17) is 0 Å². The van der Waals surface area contributed by atoms with Gasteiger partial charge in [0.15, 0.2) is 0 Å². The van der Waals surface area contributed by atoms with Gasteiger partial charge in [-0.05, 0) is 36.0 Å². The van der Waals surface area contributed by atoms with E-state index in [0.717, 1.165) is 0 Å². The molecule has 2 rings (SSSR count). The summed E-state index contributed by atoms with van der Waals surface area (Å²) in [4.78, 5) is 0. The van der Waals surface area contributed by atoms with Gasteiger partial charge >= 0.3 is 0 Å². The van der Waals surface area contributed by atoms with E-state index in [1.54, 1.807) is 0 Å². The van der Waals surface area contributed by atoms with E-state index in [1.165, 1.54) is 36.0 Å². The summed E-state index contributed by atoms with van der Waals surface area (Å²) >= 11 is 0. The van der Waals surface area contributed by atoms with Gasteiger partial charge in [-0.2, -0.15) is 0 Å². The summed E-state index contributed by atoms with van der Waals surface area (Å²) in [6, 6.07) is 6.67. The SMILES string of the molecule is CC(C)(CO)c1ccc2c(c1)CCC2. The Morgan fingerprint density at radius 3 is 2.64 bits per heavy atom. The molecular formula is C13H18O. The maximum atomic E-state index is 9.30. The van der Waals surface area contributed by atoms with Gasteiger partial charge in [-0.3, -0.25) is 0 Å². The van der Waals surface area contributed by atoms with E-state index in [0.29, 0.717) is 0 Å². The lowest BCUT2D eigenvalue weighted by Gasteiger charge is -2.23. The Kier molecular flexibility index (Phi) is 2.36. The van der Waals surface area contributed by atoms with Crippen molar-refractivity contribution in [1.82, 2.24) is 0 Å². The zero-order valence-corrected chi connectivity index (χ0v) is 9.01. The Morgan fingerprint density at radius 2 is 1.93 bits per heavy atom. The van der Waals surface area contributed by atoms with Crippen molar-refractivity contribution in [1.29, 1.82) is 0 Å². The number of benzene rings is 1. The second kappa shape index (κ2) is 3.39. The zero-order valence-electron chi connectivity index (χ0n) is 9.01. The summed E-state index contributed by atoms with van der Waals surface area (Å²) in [6.45, 7) is 4.39. The van der Waals surface area contributed by atoms with Crippen molar-refractivity contribution in [2.24, 2.45) is 0 Å². The first kappa shape index (κ1) is 9.72. The maximum absolute atomic E-state index is 9.30. The molecule has 0 unspecified atom stereocenters. The molecule has 1 aromatic rings. The molecule has 0 saturated carbocycles. The number of aliphatic hydroxyl groups excluding tert-OH is 1. The molecule has 14 heavy (non-hydrogen) atoms. The second-order valence-electron chi connectivity index (χ2n) is 4.88. The number of aryl methyl sites for hydroxylation is 2. The van der Waals surface area contributed by atoms with Gasteiger partial charge in [-0.15, -0.1) is 0 Å². The lowest BCUT2D eigenvalue weighted by atomic mass is 9.84. The third-order valence-electron chi connectivity index (χ3n) is 3.28. The molecule has 1 aliphatic rings. The fourth-order valence-corrected chi connectivity index (χ4v) is 2.08. The van der Waals surface area contributed by atoms with Crippen LogP contribution in [-0.2, 0) is 18.3 Å². The van der Waals surface area contributed by atoms with Crippen LogP contribution in [-0.4, -0.2) is 11.7 Å². The number of hydrogen-bond donors (Lipinski definition) is 1. The first-order valence-electron chi connectivity index (χ1n) is 5.36. The van der Waals surface area contributed by atoms with E-state index in [1.807, 2.05) is 0 Å². The van der Waals surface area contributed by atoms with Gasteiger partial charge in [0.05, 0.1) is 6.61 Å². The van der Waals surface area contributed by atoms with Gasteiger partial charge in [-0.25, -0.2) is 0 Å². The van der Waals surface area contributed by atoms with Crippen LogP contribution in [0, 0.1) is 0 Å². The smallest absolute Gasteiger partial charge is 0.0522 e. The lowest BCUT2D eigenvalue weighted by molar-refractivity contribution is 0.218. The fourth-order valence-electron chi connectivity index (χ4n) is 2.08. The van der Waals surface area contributed by atoms with Crippen LogP contribution in [0.25, 0.3) is 0 Å². The van der Waals surface area contributed by atoms with E-state index in [-0.39, 0.29) is 12.0 Å². The van der Waals surface area contributed by atoms with E-state index in [9.17, 15) is 5.11 Å². The molecule has 0 bridgehead atoms. The molecule has 1 aliphatic carbocycles. The summed E-state index contributed by atoms with van der Waals surface area (Å²) in [7, 11) is 0. The minimum absolute atomic E-state index is 0.0996. The molecule has 0 aliphatic heterocycles. The molecule has 0 radical (unpaired) electrons. The van der Waals surface area contributed by atoms with Crippen molar-refractivity contribution in [2.45, 2.75) is 38.5 Å². The van der Waals surface area contributed by atoms with Crippen molar-refractivity contribution < 1.29 is 5.11 Å². The third kappa shape index (κ3) is 1.57. The molecule has 1 N–H and O–H groups in total. The Bertz CT molecular complexity index is 339. The van der Waals surface area contributed by atoms with Gasteiger partial charge in [0.1, 0.15) is 0 Å². The monoisotopic (exact) mass is 190 g/mol. The summed E-state index contributed by atoms with van der Waals surface area (Å²) in [5.74, 6) is 0. The van der Waals surface area contributed by atoms with Gasteiger partial charge in [0.25, 0.3) is 0 Å². The Morgan fingerprint density at radius 1 is 1.21 bits per heavy atom. The highest BCUT2D eigenvalue weighted by Crippen LogP contribution is 2.28. The van der Waals surface area contributed by atoms with Gasteiger partial charge in [0, 0.05) is 5.41 Å². The summed E-state index contributed by atoms with van der Waals surface area (Å²) < 4.78 is 0.